The van der Waals surface area contributed by atoms with Gasteiger partial charge in [0.2, 0.25) is 0 Å². The maximum atomic E-state index is 10.8. The molecule has 104 valence electrons. The Morgan fingerprint density at radius 1 is 1.35 bits per heavy atom. The van der Waals surface area contributed by atoms with Gasteiger partial charge in [-0.1, -0.05) is 18.2 Å². The fraction of sp³-hybridized carbons (Fsp3) is 0.154. The number of carboxylic acids is 1. The molecular weight excluding hydrogens is 264 g/mol. The molecule has 2 aromatic rings. The minimum Gasteiger partial charge on any atom is -0.478 e. The number of benzene rings is 1. The van der Waals surface area contributed by atoms with Gasteiger partial charge in [0.15, 0.2) is 0 Å². The predicted molar refractivity (Wildman–Crippen MR) is 69.3 cm³/mol. The monoisotopic (exact) mass is 276 g/mol. The number of hydrogen-bond donors (Lipinski definition) is 2. The second-order valence-corrected chi connectivity index (χ2v) is 4.10. The molecule has 20 heavy (non-hydrogen) atoms. The molecule has 1 aromatic carbocycles. The molecule has 0 saturated heterocycles. The van der Waals surface area contributed by atoms with Crippen LogP contribution in [0.4, 0.5) is 5.69 Å². The van der Waals surface area contributed by atoms with E-state index in [1.54, 1.807) is 18.2 Å². The van der Waals surface area contributed by atoms with E-state index >= 15 is 0 Å². The normalized spacial score (nSPS) is 10.4. The van der Waals surface area contributed by atoms with Crippen molar-refractivity contribution in [3.63, 3.8) is 0 Å². The van der Waals surface area contributed by atoms with Crippen molar-refractivity contribution in [3.05, 3.63) is 63.6 Å². The highest BCUT2D eigenvalue weighted by Crippen LogP contribution is 2.17. The molecule has 0 amide bonds. The minimum atomic E-state index is -1.06. The third-order valence-corrected chi connectivity index (χ3v) is 2.70. The number of aromatic carboxylic acids is 1. The summed E-state index contributed by atoms with van der Waals surface area (Å²) in [6.45, 7) is 0.583. The van der Waals surface area contributed by atoms with Crippen LogP contribution in [0.5, 0.6) is 0 Å². The molecule has 0 spiro atoms. The van der Waals surface area contributed by atoms with E-state index in [9.17, 15) is 14.9 Å². The van der Waals surface area contributed by atoms with Gasteiger partial charge >= 0.3 is 5.97 Å². The number of nitro benzene ring substituents is 1. The third kappa shape index (κ3) is 3.21. The van der Waals surface area contributed by atoms with Gasteiger partial charge in [-0.25, -0.2) is 4.79 Å². The highest BCUT2D eigenvalue weighted by Gasteiger charge is 2.12. The average molecular weight is 276 g/mol. The Morgan fingerprint density at radius 3 is 2.75 bits per heavy atom. The largest absolute Gasteiger partial charge is 0.478 e. The number of nitro groups is 1. The summed E-state index contributed by atoms with van der Waals surface area (Å²) in [5, 5.41) is 22.5. The number of nitrogens with one attached hydrogen (secondary N) is 1. The number of furan rings is 1. The van der Waals surface area contributed by atoms with E-state index in [4.69, 9.17) is 9.52 Å². The molecule has 0 saturated carbocycles. The van der Waals surface area contributed by atoms with Gasteiger partial charge in [-0.2, -0.15) is 0 Å². The summed E-state index contributed by atoms with van der Waals surface area (Å²) in [5.41, 5.74) is 0.681. The van der Waals surface area contributed by atoms with Crippen LogP contribution in [0.25, 0.3) is 0 Å². The zero-order valence-electron chi connectivity index (χ0n) is 10.4. The molecule has 0 radical (unpaired) electrons. The first kappa shape index (κ1) is 13.8. The Bertz CT molecular complexity index is 635. The van der Waals surface area contributed by atoms with Crippen LogP contribution in [0.2, 0.25) is 0 Å². The summed E-state index contributed by atoms with van der Waals surface area (Å²) in [7, 11) is 0. The van der Waals surface area contributed by atoms with E-state index in [0.29, 0.717) is 24.4 Å². The van der Waals surface area contributed by atoms with Gasteiger partial charge in [0.05, 0.1) is 17.0 Å². The van der Waals surface area contributed by atoms with Gasteiger partial charge < -0.3 is 14.8 Å². The van der Waals surface area contributed by atoms with Crippen LogP contribution >= 0.6 is 0 Å². The number of nitrogens with zero attached hydrogens (tertiary/aromatic N) is 1. The second kappa shape index (κ2) is 5.98. The third-order valence-electron chi connectivity index (χ3n) is 2.70. The van der Waals surface area contributed by atoms with Crippen molar-refractivity contribution in [2.75, 3.05) is 0 Å². The maximum absolute atomic E-state index is 10.8. The molecule has 0 aliphatic carbocycles. The Balaban J connectivity index is 1.96. The number of carbonyl (C=O) groups is 1. The van der Waals surface area contributed by atoms with Gasteiger partial charge in [0, 0.05) is 18.2 Å². The average Bonchev–Trinajstić information content (AvgIpc) is 2.88. The summed E-state index contributed by atoms with van der Waals surface area (Å²) >= 11 is 0. The summed E-state index contributed by atoms with van der Waals surface area (Å²) in [4.78, 5) is 21.1. The molecule has 0 fully saturated rings. The van der Waals surface area contributed by atoms with Gasteiger partial charge in [0.25, 0.3) is 5.69 Å². The van der Waals surface area contributed by atoms with Crippen LogP contribution in [-0.4, -0.2) is 16.0 Å². The lowest BCUT2D eigenvalue weighted by atomic mass is 10.2. The molecule has 0 atom stereocenters. The SMILES string of the molecule is O=C(O)c1coc(CNCc2ccccc2[N+](=O)[O-])c1. The zero-order chi connectivity index (χ0) is 14.5. The van der Waals surface area contributed by atoms with E-state index in [2.05, 4.69) is 5.32 Å². The first-order chi connectivity index (χ1) is 9.58. The molecule has 0 aliphatic heterocycles. The van der Waals surface area contributed by atoms with Crippen molar-refractivity contribution in [2.45, 2.75) is 13.1 Å². The van der Waals surface area contributed by atoms with Crippen LogP contribution in [0.15, 0.2) is 41.0 Å². The Morgan fingerprint density at radius 2 is 2.10 bits per heavy atom. The van der Waals surface area contributed by atoms with E-state index in [1.807, 2.05) is 0 Å². The fourth-order valence-corrected chi connectivity index (χ4v) is 1.74. The number of rotatable bonds is 6. The molecule has 0 aliphatic rings. The number of para-hydroxylation sites is 1. The molecule has 2 N–H and O–H groups in total. The van der Waals surface area contributed by atoms with Crippen molar-refractivity contribution >= 4 is 11.7 Å². The van der Waals surface area contributed by atoms with Gasteiger partial charge in [-0.05, 0) is 6.07 Å². The highest BCUT2D eigenvalue weighted by atomic mass is 16.6. The van der Waals surface area contributed by atoms with Crippen molar-refractivity contribution in [3.8, 4) is 0 Å². The Hall–Kier alpha value is -2.67. The molecule has 7 nitrogen and oxygen atoms in total. The molecule has 1 heterocycles. The predicted octanol–water partition coefficient (Wildman–Crippen LogP) is 2.18. The summed E-state index contributed by atoms with van der Waals surface area (Å²) in [6.07, 6.45) is 1.16. The van der Waals surface area contributed by atoms with Crippen molar-refractivity contribution in [1.29, 1.82) is 0 Å². The molecule has 7 heteroatoms. The van der Waals surface area contributed by atoms with E-state index in [1.165, 1.54) is 12.1 Å². The van der Waals surface area contributed by atoms with Crippen molar-refractivity contribution in [2.24, 2.45) is 0 Å². The van der Waals surface area contributed by atoms with E-state index in [0.717, 1.165) is 6.26 Å². The number of hydrogen-bond acceptors (Lipinski definition) is 5. The molecular formula is C13H12N2O5. The second-order valence-electron chi connectivity index (χ2n) is 4.10. The quantitative estimate of drug-likeness (QED) is 0.618. The van der Waals surface area contributed by atoms with E-state index < -0.39 is 10.9 Å². The van der Waals surface area contributed by atoms with E-state index in [-0.39, 0.29) is 11.3 Å². The van der Waals surface area contributed by atoms with Crippen LogP contribution in [0.1, 0.15) is 21.7 Å². The van der Waals surface area contributed by atoms with Crippen molar-refractivity contribution in [1.82, 2.24) is 5.32 Å². The van der Waals surface area contributed by atoms with Gasteiger partial charge in [-0.15, -0.1) is 0 Å². The van der Waals surface area contributed by atoms with Gasteiger partial charge in [0.1, 0.15) is 12.0 Å². The molecule has 2 rings (SSSR count). The summed E-state index contributed by atoms with van der Waals surface area (Å²) in [6, 6.07) is 7.84. The summed E-state index contributed by atoms with van der Waals surface area (Å²) < 4.78 is 5.06. The lowest BCUT2D eigenvalue weighted by molar-refractivity contribution is -0.385. The smallest absolute Gasteiger partial charge is 0.338 e. The van der Waals surface area contributed by atoms with Crippen molar-refractivity contribution < 1.29 is 19.2 Å². The zero-order valence-corrected chi connectivity index (χ0v) is 10.4. The molecule has 1 aromatic heterocycles. The van der Waals surface area contributed by atoms with Crippen LogP contribution in [0.3, 0.4) is 0 Å². The molecule has 0 bridgehead atoms. The Kier molecular flexibility index (Phi) is 4.11. The van der Waals surface area contributed by atoms with Crippen LogP contribution in [-0.2, 0) is 13.1 Å². The maximum Gasteiger partial charge on any atom is 0.338 e. The van der Waals surface area contributed by atoms with Crippen LogP contribution < -0.4 is 5.32 Å². The first-order valence-electron chi connectivity index (χ1n) is 5.81. The summed E-state index contributed by atoms with van der Waals surface area (Å²) in [5.74, 6) is -0.598. The first-order valence-corrected chi connectivity index (χ1v) is 5.81. The highest BCUT2D eigenvalue weighted by molar-refractivity contribution is 5.87. The number of carboxylic acid groups (broad SMARTS) is 1. The lowest BCUT2D eigenvalue weighted by Crippen LogP contribution is -2.13. The van der Waals surface area contributed by atoms with Gasteiger partial charge in [-0.3, -0.25) is 10.1 Å². The topological polar surface area (TPSA) is 106 Å². The minimum absolute atomic E-state index is 0.0469. The standard InChI is InChI=1S/C13H12N2O5/c16-13(17)10-5-11(20-8-10)7-14-6-9-3-1-2-4-12(9)15(18)19/h1-5,8,14H,6-7H2,(H,16,17). The lowest BCUT2D eigenvalue weighted by Gasteiger charge is -2.03. The fourth-order valence-electron chi connectivity index (χ4n) is 1.74. The van der Waals surface area contributed by atoms with Crippen LogP contribution in [0, 0.1) is 10.1 Å². The molecule has 0 unspecified atom stereocenters. The Labute approximate surface area is 114 Å².